The van der Waals surface area contributed by atoms with Crippen LogP contribution in [0.3, 0.4) is 0 Å². The second kappa shape index (κ2) is 8.22. The third-order valence-corrected chi connectivity index (χ3v) is 4.00. The number of rotatable bonds is 8. The third kappa shape index (κ3) is 5.11. The number of aryl methyl sites for hydroxylation is 2. The Morgan fingerprint density at radius 1 is 1.32 bits per heavy atom. The molecule has 2 aromatic heterocycles. The van der Waals surface area contributed by atoms with Crippen molar-refractivity contribution in [3.05, 3.63) is 53.6 Å². The number of hydrogen-bond donors (Lipinski definition) is 1. The average molecular weight is 347 g/mol. The summed E-state index contributed by atoms with van der Waals surface area (Å²) in [6.07, 6.45) is 2.74. The highest BCUT2D eigenvalue weighted by Crippen LogP contribution is 2.13. The van der Waals surface area contributed by atoms with Gasteiger partial charge in [0.2, 0.25) is 0 Å². The molecule has 1 aliphatic heterocycles. The summed E-state index contributed by atoms with van der Waals surface area (Å²) >= 11 is 0. The molecule has 3 rings (SSSR count). The topological polar surface area (TPSA) is 72.9 Å². The van der Waals surface area contributed by atoms with Gasteiger partial charge in [-0.15, -0.1) is 0 Å². The number of furan rings is 1. The molecule has 25 heavy (non-hydrogen) atoms. The quantitative estimate of drug-likeness (QED) is 0.786. The van der Waals surface area contributed by atoms with Crippen molar-refractivity contribution in [2.24, 2.45) is 0 Å². The normalized spacial score (nSPS) is 15.6. The second-order valence-electron chi connectivity index (χ2n) is 6.32. The van der Waals surface area contributed by atoms with Crippen molar-refractivity contribution in [3.63, 3.8) is 0 Å². The molecule has 0 unspecified atom stereocenters. The van der Waals surface area contributed by atoms with Gasteiger partial charge in [0, 0.05) is 12.2 Å². The van der Waals surface area contributed by atoms with Crippen LogP contribution in [0.4, 0.5) is 0 Å². The Bertz CT molecular complexity index is 693. The van der Waals surface area contributed by atoms with Crippen LogP contribution in [0, 0.1) is 13.8 Å². The largest absolute Gasteiger partial charge is 0.494 e. The van der Waals surface area contributed by atoms with Crippen LogP contribution >= 0.6 is 0 Å². The van der Waals surface area contributed by atoms with Crippen molar-refractivity contribution in [2.45, 2.75) is 33.0 Å². The van der Waals surface area contributed by atoms with E-state index in [9.17, 15) is 5.11 Å². The van der Waals surface area contributed by atoms with Gasteiger partial charge in [-0.2, -0.15) is 5.10 Å². The molecule has 0 saturated carbocycles. The third-order valence-electron chi connectivity index (χ3n) is 4.00. The van der Waals surface area contributed by atoms with Crippen molar-refractivity contribution < 1.29 is 19.0 Å². The van der Waals surface area contributed by atoms with E-state index in [1.165, 1.54) is 0 Å². The lowest BCUT2D eigenvalue weighted by atomic mass is 10.2. The average Bonchev–Trinajstić information content (AvgIpc) is 3.18. The fourth-order valence-electron chi connectivity index (χ4n) is 2.93. The minimum Gasteiger partial charge on any atom is -0.494 e. The summed E-state index contributed by atoms with van der Waals surface area (Å²) in [7, 11) is 0. The molecular formula is C18H25N3O4. The van der Waals surface area contributed by atoms with Crippen LogP contribution in [0.1, 0.15) is 17.1 Å². The van der Waals surface area contributed by atoms with Crippen LogP contribution in [0.15, 0.2) is 40.9 Å². The number of aliphatic hydroxyl groups excluding tert-OH is 1. The van der Waals surface area contributed by atoms with E-state index in [0.717, 1.165) is 22.9 Å². The first kappa shape index (κ1) is 17.6. The summed E-state index contributed by atoms with van der Waals surface area (Å²) in [5.41, 5.74) is 2.00. The van der Waals surface area contributed by atoms with Crippen molar-refractivity contribution in [3.8, 4) is 0 Å². The fourth-order valence-corrected chi connectivity index (χ4v) is 2.93. The molecule has 0 aliphatic carbocycles. The van der Waals surface area contributed by atoms with Gasteiger partial charge in [0.1, 0.15) is 31.0 Å². The van der Waals surface area contributed by atoms with E-state index < -0.39 is 6.10 Å². The first-order valence-electron chi connectivity index (χ1n) is 8.47. The second-order valence-corrected chi connectivity index (χ2v) is 6.32. The smallest absolute Gasteiger partial charge is 0.144 e. The zero-order valence-corrected chi connectivity index (χ0v) is 14.7. The highest BCUT2D eigenvalue weighted by Gasteiger charge is 2.18. The van der Waals surface area contributed by atoms with Crippen LogP contribution in [0.25, 0.3) is 0 Å². The minimum absolute atomic E-state index is 0.449. The number of aliphatic hydroxyl groups is 1. The maximum atomic E-state index is 10.5. The number of ether oxygens (including phenoxy) is 2. The van der Waals surface area contributed by atoms with E-state index in [1.54, 1.807) is 12.5 Å². The first-order chi connectivity index (χ1) is 12.1. The molecule has 0 radical (unpaired) electrons. The predicted molar refractivity (Wildman–Crippen MR) is 91.7 cm³/mol. The van der Waals surface area contributed by atoms with Crippen molar-refractivity contribution in [2.75, 3.05) is 26.3 Å². The maximum Gasteiger partial charge on any atom is 0.144 e. The van der Waals surface area contributed by atoms with Gasteiger partial charge in [0.25, 0.3) is 0 Å². The lowest BCUT2D eigenvalue weighted by Gasteiger charge is -2.26. The molecule has 0 amide bonds. The maximum absolute atomic E-state index is 10.5. The molecule has 3 heterocycles. The summed E-state index contributed by atoms with van der Waals surface area (Å²) < 4.78 is 18.2. The van der Waals surface area contributed by atoms with Crippen molar-refractivity contribution in [1.29, 1.82) is 0 Å². The predicted octanol–water partition coefficient (Wildman–Crippen LogP) is 1.84. The molecule has 7 heteroatoms. The van der Waals surface area contributed by atoms with Gasteiger partial charge in [-0.25, -0.2) is 0 Å². The molecule has 0 fully saturated rings. The molecule has 0 aromatic carbocycles. The molecule has 7 nitrogen and oxygen atoms in total. The SMILES string of the molecule is Cc1cc(C)n(C[C@H](O)CN(CC2=COCCO2)Cc2ccco2)n1. The lowest BCUT2D eigenvalue weighted by molar-refractivity contribution is 0.0506. The van der Waals surface area contributed by atoms with Crippen LogP contribution < -0.4 is 0 Å². The van der Waals surface area contributed by atoms with E-state index in [1.807, 2.05) is 36.7 Å². The lowest BCUT2D eigenvalue weighted by Crippen LogP contribution is -2.36. The first-order valence-corrected chi connectivity index (χ1v) is 8.47. The van der Waals surface area contributed by atoms with Gasteiger partial charge in [-0.3, -0.25) is 9.58 Å². The molecule has 136 valence electrons. The molecule has 1 aliphatic rings. The molecule has 0 saturated heterocycles. The summed E-state index contributed by atoms with van der Waals surface area (Å²) in [4.78, 5) is 2.08. The molecule has 1 N–H and O–H groups in total. The summed E-state index contributed by atoms with van der Waals surface area (Å²) in [6.45, 7) is 7.12. The highest BCUT2D eigenvalue weighted by atomic mass is 16.6. The van der Waals surface area contributed by atoms with Crippen molar-refractivity contribution in [1.82, 2.24) is 14.7 Å². The molecule has 1 atom stereocenters. The van der Waals surface area contributed by atoms with E-state index in [0.29, 0.717) is 39.4 Å². The van der Waals surface area contributed by atoms with Crippen LogP contribution in [0.2, 0.25) is 0 Å². The monoisotopic (exact) mass is 347 g/mol. The fraction of sp³-hybridized carbons (Fsp3) is 0.500. The van der Waals surface area contributed by atoms with Crippen molar-refractivity contribution >= 4 is 0 Å². The number of nitrogens with zero attached hydrogens (tertiary/aromatic N) is 3. The Balaban J connectivity index is 1.63. The minimum atomic E-state index is -0.557. The number of aromatic nitrogens is 2. The zero-order valence-electron chi connectivity index (χ0n) is 14.7. The standard InChI is InChI=1S/C18H25N3O4/c1-14-8-15(2)21(19-14)10-16(22)9-20(11-17-4-3-5-24-17)12-18-13-23-6-7-25-18/h3-5,8,13,16,22H,6-7,9-12H2,1-2H3/t16-/m1/s1. The Hall–Kier alpha value is -2.25. The van der Waals surface area contributed by atoms with Gasteiger partial charge in [0.05, 0.1) is 37.7 Å². The van der Waals surface area contributed by atoms with E-state index in [4.69, 9.17) is 13.9 Å². The van der Waals surface area contributed by atoms with Crippen LogP contribution in [-0.4, -0.2) is 52.2 Å². The zero-order chi connectivity index (χ0) is 17.6. The Morgan fingerprint density at radius 2 is 2.20 bits per heavy atom. The Labute approximate surface area is 147 Å². The van der Waals surface area contributed by atoms with Gasteiger partial charge >= 0.3 is 0 Å². The summed E-state index contributed by atoms with van der Waals surface area (Å²) in [5, 5.41) is 15.0. The molecular weight excluding hydrogens is 322 g/mol. The number of hydrogen-bond acceptors (Lipinski definition) is 6. The van der Waals surface area contributed by atoms with Crippen LogP contribution in [-0.2, 0) is 22.6 Å². The summed E-state index contributed by atoms with van der Waals surface area (Å²) in [5.74, 6) is 1.60. The highest BCUT2D eigenvalue weighted by molar-refractivity contribution is 5.06. The van der Waals surface area contributed by atoms with E-state index >= 15 is 0 Å². The van der Waals surface area contributed by atoms with Gasteiger partial charge in [-0.05, 0) is 32.0 Å². The summed E-state index contributed by atoms with van der Waals surface area (Å²) in [6, 6.07) is 5.79. The van der Waals surface area contributed by atoms with E-state index in [-0.39, 0.29) is 0 Å². The van der Waals surface area contributed by atoms with Gasteiger partial charge in [-0.1, -0.05) is 0 Å². The molecule has 2 aromatic rings. The van der Waals surface area contributed by atoms with Gasteiger partial charge in [0.15, 0.2) is 0 Å². The Morgan fingerprint density at radius 3 is 2.84 bits per heavy atom. The Kier molecular flexibility index (Phi) is 5.78. The van der Waals surface area contributed by atoms with E-state index in [2.05, 4.69) is 10.00 Å². The van der Waals surface area contributed by atoms with Gasteiger partial charge < -0.3 is 19.0 Å². The molecule has 0 spiro atoms. The molecule has 0 bridgehead atoms. The van der Waals surface area contributed by atoms with Crippen LogP contribution in [0.5, 0.6) is 0 Å².